The van der Waals surface area contributed by atoms with Gasteiger partial charge in [0.25, 0.3) is 0 Å². The highest BCUT2D eigenvalue weighted by atomic mass is 35.5. The molecule has 5 heteroatoms. The molecule has 96 valence electrons. The Hall–Kier alpha value is -1.26. The smallest absolute Gasteiger partial charge is 0.306 e. The molecule has 0 radical (unpaired) electrons. The Morgan fingerprint density at radius 2 is 2.06 bits per heavy atom. The van der Waals surface area contributed by atoms with Crippen LogP contribution < -0.4 is 10.1 Å². The van der Waals surface area contributed by atoms with Crippen LogP contribution in [0.1, 0.15) is 12.0 Å². The van der Waals surface area contributed by atoms with Gasteiger partial charge in [0.15, 0.2) is 0 Å². The molecule has 0 aliphatic rings. The van der Waals surface area contributed by atoms with Crippen molar-refractivity contribution in [1.82, 2.24) is 5.32 Å². The molecule has 1 aromatic rings. The fourth-order valence-electron chi connectivity index (χ4n) is 1.02. The Morgan fingerprint density at radius 3 is 2.53 bits per heavy atom. The minimum Gasteiger partial charge on any atom is -0.493 e. The maximum atomic E-state index is 10.2. The van der Waals surface area contributed by atoms with E-state index in [0.717, 1.165) is 5.56 Å². The normalized spacial score (nSPS) is 9.18. The molecule has 2 N–H and O–H groups in total. The average Bonchev–Trinajstić information content (AvgIpc) is 2.22. The van der Waals surface area contributed by atoms with Crippen molar-refractivity contribution in [3.63, 3.8) is 0 Å². The number of aryl methyl sites for hydroxylation is 1. The zero-order valence-electron chi connectivity index (χ0n) is 10.3. The van der Waals surface area contributed by atoms with Gasteiger partial charge in [0, 0.05) is 5.02 Å². The van der Waals surface area contributed by atoms with Crippen molar-refractivity contribution in [2.45, 2.75) is 13.3 Å². The second-order valence-corrected chi connectivity index (χ2v) is 3.84. The zero-order valence-corrected chi connectivity index (χ0v) is 11.0. The molecule has 0 heterocycles. The predicted molar refractivity (Wildman–Crippen MR) is 68.9 cm³/mol. The predicted octanol–water partition coefficient (Wildman–Crippen LogP) is 2.34. The first-order chi connectivity index (χ1) is 8.01. The van der Waals surface area contributed by atoms with Gasteiger partial charge in [0.05, 0.1) is 13.0 Å². The molecular weight excluding hydrogens is 242 g/mol. The third-order valence-corrected chi connectivity index (χ3v) is 1.95. The van der Waals surface area contributed by atoms with Crippen LogP contribution in [0.15, 0.2) is 18.2 Å². The first-order valence-electron chi connectivity index (χ1n) is 5.20. The first kappa shape index (κ1) is 15.7. The summed E-state index contributed by atoms with van der Waals surface area (Å²) in [5.41, 5.74) is 0.905. The number of ether oxygens (including phenoxy) is 1. The second-order valence-electron chi connectivity index (χ2n) is 3.40. The van der Waals surface area contributed by atoms with Crippen LogP contribution in [0.3, 0.4) is 0 Å². The van der Waals surface area contributed by atoms with Crippen LogP contribution >= 0.6 is 11.6 Å². The van der Waals surface area contributed by atoms with Gasteiger partial charge in [-0.15, -0.1) is 0 Å². The highest BCUT2D eigenvalue weighted by Gasteiger charge is 2.01. The zero-order chi connectivity index (χ0) is 13.3. The molecule has 4 nitrogen and oxygen atoms in total. The summed E-state index contributed by atoms with van der Waals surface area (Å²) in [5.74, 6) is -0.188. The monoisotopic (exact) mass is 259 g/mol. The highest BCUT2D eigenvalue weighted by molar-refractivity contribution is 6.30. The highest BCUT2D eigenvalue weighted by Crippen LogP contribution is 2.21. The van der Waals surface area contributed by atoms with Gasteiger partial charge < -0.3 is 15.2 Å². The summed E-state index contributed by atoms with van der Waals surface area (Å²) >= 11 is 5.75. The van der Waals surface area contributed by atoms with Gasteiger partial charge in [-0.1, -0.05) is 11.6 Å². The van der Waals surface area contributed by atoms with Crippen LogP contribution in [0.5, 0.6) is 5.75 Å². The van der Waals surface area contributed by atoms with E-state index in [-0.39, 0.29) is 13.0 Å². The van der Waals surface area contributed by atoms with Gasteiger partial charge in [0.2, 0.25) is 0 Å². The summed E-state index contributed by atoms with van der Waals surface area (Å²) in [4.78, 5) is 10.2. The van der Waals surface area contributed by atoms with Crippen LogP contribution in [0.25, 0.3) is 0 Å². The number of rotatable bonds is 4. The van der Waals surface area contributed by atoms with Gasteiger partial charge >= 0.3 is 5.97 Å². The number of carboxylic acid groups (broad SMARTS) is 1. The Kier molecular flexibility index (Phi) is 8.19. The number of nitrogens with one attached hydrogen (secondary N) is 1. The number of hydrogen-bond acceptors (Lipinski definition) is 3. The number of hydrogen-bond donors (Lipinski definition) is 2. The van der Waals surface area contributed by atoms with E-state index in [9.17, 15) is 4.79 Å². The second kappa shape index (κ2) is 8.84. The van der Waals surface area contributed by atoms with Gasteiger partial charge in [-0.25, -0.2) is 0 Å². The van der Waals surface area contributed by atoms with E-state index in [1.165, 1.54) is 0 Å². The molecule has 0 spiro atoms. The minimum atomic E-state index is -0.864. The molecular formula is C12H18ClNO3. The van der Waals surface area contributed by atoms with E-state index >= 15 is 0 Å². The number of halogens is 1. The lowest BCUT2D eigenvalue weighted by Gasteiger charge is -2.07. The summed E-state index contributed by atoms with van der Waals surface area (Å²) in [5, 5.41) is 11.8. The molecule has 0 fully saturated rings. The quantitative estimate of drug-likeness (QED) is 0.871. The van der Waals surface area contributed by atoms with Crippen molar-refractivity contribution in [2.75, 3.05) is 20.7 Å². The molecule has 0 amide bonds. The van der Waals surface area contributed by atoms with Crippen LogP contribution in [-0.2, 0) is 4.79 Å². The van der Waals surface area contributed by atoms with E-state index in [4.69, 9.17) is 21.4 Å². The maximum absolute atomic E-state index is 10.2. The summed E-state index contributed by atoms with van der Waals surface area (Å²) in [6.45, 7) is 2.04. The average molecular weight is 260 g/mol. The molecule has 0 aliphatic heterocycles. The number of carboxylic acids is 1. The lowest BCUT2D eigenvalue weighted by atomic mass is 10.2. The van der Waals surface area contributed by atoms with E-state index in [2.05, 4.69) is 5.32 Å². The standard InChI is InChI=1S/C10H11ClO3.C2H7N/c1-7-6-8(11)2-3-9(7)14-5-4-10(12)13;1-3-2/h2-3,6H,4-5H2,1H3,(H,12,13);3H,1-2H3. The van der Waals surface area contributed by atoms with Crippen LogP contribution in [0.2, 0.25) is 5.02 Å². The van der Waals surface area contributed by atoms with Crippen molar-refractivity contribution in [3.05, 3.63) is 28.8 Å². The molecule has 1 aromatic carbocycles. The van der Waals surface area contributed by atoms with Gasteiger partial charge in [0.1, 0.15) is 5.75 Å². The van der Waals surface area contributed by atoms with E-state index in [0.29, 0.717) is 10.8 Å². The van der Waals surface area contributed by atoms with Crippen molar-refractivity contribution in [1.29, 1.82) is 0 Å². The fourth-order valence-corrected chi connectivity index (χ4v) is 1.25. The van der Waals surface area contributed by atoms with Crippen LogP contribution in [0.4, 0.5) is 0 Å². The largest absolute Gasteiger partial charge is 0.493 e. The van der Waals surface area contributed by atoms with E-state index in [1.807, 2.05) is 21.0 Å². The van der Waals surface area contributed by atoms with Crippen molar-refractivity contribution in [3.8, 4) is 5.75 Å². The molecule has 0 aromatic heterocycles. The molecule has 0 saturated heterocycles. The summed E-state index contributed by atoms with van der Waals surface area (Å²) in [6, 6.07) is 5.22. The number of aliphatic carboxylic acids is 1. The molecule has 17 heavy (non-hydrogen) atoms. The Balaban J connectivity index is 0.000000770. The Labute approximate surface area is 107 Å². The molecule has 1 rings (SSSR count). The lowest BCUT2D eigenvalue weighted by Crippen LogP contribution is -2.05. The molecule has 0 atom stereocenters. The third kappa shape index (κ3) is 7.60. The molecule has 0 bridgehead atoms. The number of carbonyl (C=O) groups is 1. The minimum absolute atomic E-state index is 0.00205. The van der Waals surface area contributed by atoms with Crippen LogP contribution in [0, 0.1) is 6.92 Å². The van der Waals surface area contributed by atoms with Crippen molar-refractivity contribution >= 4 is 17.6 Å². The topological polar surface area (TPSA) is 58.6 Å². The molecule has 0 aliphatic carbocycles. The van der Waals surface area contributed by atoms with Crippen LogP contribution in [-0.4, -0.2) is 31.8 Å². The Morgan fingerprint density at radius 1 is 1.47 bits per heavy atom. The lowest BCUT2D eigenvalue weighted by molar-refractivity contribution is -0.137. The number of benzene rings is 1. The SMILES string of the molecule is CNC.Cc1cc(Cl)ccc1OCCC(=O)O. The maximum Gasteiger partial charge on any atom is 0.306 e. The van der Waals surface area contributed by atoms with E-state index in [1.54, 1.807) is 18.2 Å². The molecule has 0 unspecified atom stereocenters. The fraction of sp³-hybridized carbons (Fsp3) is 0.417. The van der Waals surface area contributed by atoms with E-state index < -0.39 is 5.97 Å². The van der Waals surface area contributed by atoms with Crippen molar-refractivity contribution in [2.24, 2.45) is 0 Å². The van der Waals surface area contributed by atoms with Gasteiger partial charge in [-0.2, -0.15) is 0 Å². The molecule has 0 saturated carbocycles. The van der Waals surface area contributed by atoms with Crippen molar-refractivity contribution < 1.29 is 14.6 Å². The first-order valence-corrected chi connectivity index (χ1v) is 5.58. The van der Waals surface area contributed by atoms with Gasteiger partial charge in [-0.3, -0.25) is 4.79 Å². The summed E-state index contributed by atoms with van der Waals surface area (Å²) in [7, 11) is 3.75. The Bertz CT molecular complexity index is 356. The summed E-state index contributed by atoms with van der Waals surface area (Å²) < 4.78 is 5.26. The van der Waals surface area contributed by atoms with Gasteiger partial charge in [-0.05, 0) is 44.8 Å². The summed E-state index contributed by atoms with van der Waals surface area (Å²) in [6.07, 6.45) is 0.00205. The third-order valence-electron chi connectivity index (χ3n) is 1.71.